The van der Waals surface area contributed by atoms with E-state index in [0.717, 1.165) is 42.0 Å². The molecule has 1 saturated heterocycles. The lowest BCUT2D eigenvalue weighted by Gasteiger charge is -2.27. The molecule has 0 unspecified atom stereocenters. The van der Waals surface area contributed by atoms with Crippen LogP contribution in [0.4, 0.5) is 0 Å². The van der Waals surface area contributed by atoms with Gasteiger partial charge in [0.25, 0.3) is 5.91 Å². The SMILES string of the molecule is Cc1cc(C(=O)N2CCCCC[C@H]2c2cc(-c3cccs3)on2)on1. The zero-order valence-electron chi connectivity index (χ0n) is 14.0. The molecule has 0 N–H and O–H groups in total. The van der Waals surface area contributed by atoms with Gasteiger partial charge in [0.05, 0.1) is 16.6 Å². The Morgan fingerprint density at radius 2 is 2.16 bits per heavy atom. The van der Waals surface area contributed by atoms with Crippen LogP contribution in [0.25, 0.3) is 10.6 Å². The molecule has 4 heterocycles. The second-order valence-electron chi connectivity index (χ2n) is 6.29. The quantitative estimate of drug-likeness (QED) is 0.692. The van der Waals surface area contributed by atoms with Crippen LogP contribution in [-0.4, -0.2) is 27.7 Å². The second-order valence-corrected chi connectivity index (χ2v) is 7.24. The molecule has 1 aliphatic heterocycles. The zero-order valence-corrected chi connectivity index (χ0v) is 14.8. The number of carbonyl (C=O) groups is 1. The number of aryl methyl sites for hydroxylation is 1. The first-order chi connectivity index (χ1) is 12.2. The molecule has 0 aromatic carbocycles. The smallest absolute Gasteiger partial charge is 0.293 e. The maximum atomic E-state index is 12.9. The van der Waals surface area contributed by atoms with Crippen molar-refractivity contribution in [2.45, 2.75) is 38.6 Å². The number of hydrogen-bond donors (Lipinski definition) is 0. The molecule has 0 spiro atoms. The molecular formula is C18H19N3O3S. The van der Waals surface area contributed by atoms with E-state index in [-0.39, 0.29) is 17.7 Å². The lowest BCUT2D eigenvalue weighted by atomic mass is 10.1. The Kier molecular flexibility index (Phi) is 4.40. The van der Waals surface area contributed by atoms with Crippen molar-refractivity contribution >= 4 is 17.2 Å². The number of amides is 1. The zero-order chi connectivity index (χ0) is 17.2. The Morgan fingerprint density at radius 1 is 1.24 bits per heavy atom. The summed E-state index contributed by atoms with van der Waals surface area (Å²) in [6, 6.07) is 7.52. The third kappa shape index (κ3) is 3.24. The number of carbonyl (C=O) groups excluding carboxylic acids is 1. The molecule has 25 heavy (non-hydrogen) atoms. The largest absolute Gasteiger partial charge is 0.355 e. The van der Waals surface area contributed by atoms with Crippen molar-refractivity contribution < 1.29 is 13.8 Å². The monoisotopic (exact) mass is 357 g/mol. The summed E-state index contributed by atoms with van der Waals surface area (Å²) in [6.45, 7) is 2.50. The van der Waals surface area contributed by atoms with Gasteiger partial charge in [-0.05, 0) is 31.2 Å². The average molecular weight is 357 g/mol. The molecule has 0 saturated carbocycles. The van der Waals surface area contributed by atoms with E-state index >= 15 is 0 Å². The number of hydrogen-bond acceptors (Lipinski definition) is 6. The van der Waals surface area contributed by atoms with E-state index < -0.39 is 0 Å². The summed E-state index contributed by atoms with van der Waals surface area (Å²) in [7, 11) is 0. The molecule has 1 aliphatic rings. The van der Waals surface area contributed by atoms with Crippen LogP contribution in [0.15, 0.2) is 38.7 Å². The molecule has 3 aromatic rings. The molecule has 3 aromatic heterocycles. The standard InChI is InChI=1S/C18H19N3O3S/c1-12-10-16(24-19-12)18(22)21-8-4-2-3-6-14(21)13-11-15(23-20-13)17-7-5-9-25-17/h5,7,9-11,14H,2-4,6,8H2,1H3/t14-/m0/s1. The van der Waals surface area contributed by atoms with Crippen molar-refractivity contribution in [1.82, 2.24) is 15.2 Å². The van der Waals surface area contributed by atoms with Crippen molar-refractivity contribution in [3.63, 3.8) is 0 Å². The van der Waals surface area contributed by atoms with Crippen LogP contribution in [0.3, 0.4) is 0 Å². The van der Waals surface area contributed by atoms with Gasteiger partial charge < -0.3 is 13.9 Å². The molecule has 6 nitrogen and oxygen atoms in total. The normalized spacial score (nSPS) is 18.3. The Bertz CT molecular complexity index is 853. The van der Waals surface area contributed by atoms with Gasteiger partial charge in [0.1, 0.15) is 5.69 Å². The summed E-state index contributed by atoms with van der Waals surface area (Å²) in [4.78, 5) is 15.8. The molecule has 1 atom stereocenters. The first-order valence-electron chi connectivity index (χ1n) is 8.47. The topological polar surface area (TPSA) is 72.4 Å². The van der Waals surface area contributed by atoms with E-state index in [0.29, 0.717) is 12.2 Å². The molecule has 0 radical (unpaired) electrons. The Hall–Kier alpha value is -2.41. The minimum Gasteiger partial charge on any atom is -0.355 e. The molecule has 0 aliphatic carbocycles. The van der Waals surface area contributed by atoms with E-state index in [2.05, 4.69) is 10.3 Å². The molecule has 130 valence electrons. The summed E-state index contributed by atoms with van der Waals surface area (Å²) in [5.74, 6) is 0.900. The molecular weight excluding hydrogens is 338 g/mol. The third-order valence-electron chi connectivity index (χ3n) is 4.49. The van der Waals surface area contributed by atoms with Gasteiger partial charge >= 0.3 is 0 Å². The Morgan fingerprint density at radius 3 is 2.92 bits per heavy atom. The highest BCUT2D eigenvalue weighted by Gasteiger charge is 2.31. The Balaban J connectivity index is 1.64. The van der Waals surface area contributed by atoms with Crippen LogP contribution in [0, 0.1) is 6.92 Å². The average Bonchev–Trinajstić information content (AvgIpc) is 3.33. The number of nitrogens with zero attached hydrogens (tertiary/aromatic N) is 3. The molecule has 7 heteroatoms. The fourth-order valence-electron chi connectivity index (χ4n) is 3.25. The van der Waals surface area contributed by atoms with Crippen LogP contribution >= 0.6 is 11.3 Å². The van der Waals surface area contributed by atoms with Crippen molar-refractivity contribution in [1.29, 1.82) is 0 Å². The van der Waals surface area contributed by atoms with Gasteiger partial charge in [0, 0.05) is 18.7 Å². The number of thiophene rings is 1. The van der Waals surface area contributed by atoms with Gasteiger partial charge in [-0.1, -0.05) is 29.2 Å². The highest BCUT2D eigenvalue weighted by atomic mass is 32.1. The minimum atomic E-state index is -0.131. The van der Waals surface area contributed by atoms with E-state index in [9.17, 15) is 4.79 Å². The highest BCUT2D eigenvalue weighted by Crippen LogP contribution is 2.34. The van der Waals surface area contributed by atoms with Gasteiger partial charge in [-0.25, -0.2) is 0 Å². The predicted molar refractivity (Wildman–Crippen MR) is 93.3 cm³/mol. The lowest BCUT2D eigenvalue weighted by Crippen LogP contribution is -2.34. The molecule has 4 rings (SSSR count). The first kappa shape index (κ1) is 16.1. The first-order valence-corrected chi connectivity index (χ1v) is 9.35. The molecule has 1 amide bonds. The summed E-state index contributed by atoms with van der Waals surface area (Å²) >= 11 is 1.61. The molecule has 1 fully saturated rings. The van der Waals surface area contributed by atoms with E-state index in [1.54, 1.807) is 17.4 Å². The molecule has 0 bridgehead atoms. The van der Waals surface area contributed by atoms with Crippen LogP contribution in [-0.2, 0) is 0 Å². The van der Waals surface area contributed by atoms with E-state index in [4.69, 9.17) is 9.05 Å². The minimum absolute atomic E-state index is 0.0992. The Labute approximate surface area is 149 Å². The highest BCUT2D eigenvalue weighted by molar-refractivity contribution is 7.13. The van der Waals surface area contributed by atoms with Crippen LogP contribution in [0.5, 0.6) is 0 Å². The van der Waals surface area contributed by atoms with Crippen molar-refractivity contribution in [3.05, 3.63) is 46.8 Å². The van der Waals surface area contributed by atoms with Gasteiger partial charge in [-0.15, -0.1) is 11.3 Å². The number of likely N-dealkylation sites (tertiary alicyclic amines) is 1. The van der Waals surface area contributed by atoms with Gasteiger partial charge in [-0.3, -0.25) is 4.79 Å². The summed E-state index contributed by atoms with van der Waals surface area (Å²) in [5, 5.41) is 10.1. The van der Waals surface area contributed by atoms with Gasteiger partial charge in [0.2, 0.25) is 5.76 Å². The number of rotatable bonds is 3. The second kappa shape index (κ2) is 6.84. The maximum absolute atomic E-state index is 12.9. The van der Waals surface area contributed by atoms with Crippen LogP contribution in [0.1, 0.15) is 53.7 Å². The van der Waals surface area contributed by atoms with Crippen molar-refractivity contribution in [2.24, 2.45) is 0 Å². The lowest BCUT2D eigenvalue weighted by molar-refractivity contribution is 0.0631. The van der Waals surface area contributed by atoms with E-state index in [1.165, 1.54) is 0 Å². The van der Waals surface area contributed by atoms with Gasteiger partial charge in [0.15, 0.2) is 5.76 Å². The predicted octanol–water partition coefficient (Wildman–Crippen LogP) is 4.46. The fourth-order valence-corrected chi connectivity index (χ4v) is 3.92. The maximum Gasteiger partial charge on any atom is 0.293 e. The summed E-state index contributed by atoms with van der Waals surface area (Å²) < 4.78 is 10.7. The third-order valence-corrected chi connectivity index (χ3v) is 5.37. The number of aromatic nitrogens is 2. The fraction of sp³-hybridized carbons (Fsp3) is 0.389. The van der Waals surface area contributed by atoms with Crippen LogP contribution < -0.4 is 0 Å². The summed E-state index contributed by atoms with van der Waals surface area (Å²) in [6.07, 6.45) is 4.01. The van der Waals surface area contributed by atoms with Crippen LogP contribution in [0.2, 0.25) is 0 Å². The van der Waals surface area contributed by atoms with Crippen molar-refractivity contribution in [3.8, 4) is 10.6 Å². The van der Waals surface area contributed by atoms with Gasteiger partial charge in [-0.2, -0.15) is 0 Å². The summed E-state index contributed by atoms with van der Waals surface area (Å²) in [5.41, 5.74) is 1.51. The van der Waals surface area contributed by atoms with E-state index in [1.807, 2.05) is 35.4 Å². The van der Waals surface area contributed by atoms with Crippen molar-refractivity contribution in [2.75, 3.05) is 6.54 Å².